The van der Waals surface area contributed by atoms with Crippen LogP contribution in [0.2, 0.25) is 0 Å². The molecule has 0 heterocycles. The molecule has 2 aromatic rings. The predicted molar refractivity (Wildman–Crippen MR) is 73.0 cm³/mol. The molecule has 0 bridgehead atoms. The maximum absolute atomic E-state index is 13.7. The summed E-state index contributed by atoms with van der Waals surface area (Å²) in [6, 6.07) is 8.70. The lowest BCUT2D eigenvalue weighted by Gasteiger charge is -2.18. The summed E-state index contributed by atoms with van der Waals surface area (Å²) < 4.78 is 40.5. The zero-order valence-electron chi connectivity index (χ0n) is 11.4. The van der Waals surface area contributed by atoms with Gasteiger partial charge in [0.25, 0.3) is 0 Å². The van der Waals surface area contributed by atoms with Crippen molar-refractivity contribution in [3.8, 4) is 0 Å². The molecule has 1 atom stereocenters. The van der Waals surface area contributed by atoms with E-state index in [1.54, 1.807) is 26.1 Å². The van der Waals surface area contributed by atoms with Gasteiger partial charge in [-0.2, -0.15) is 0 Å². The van der Waals surface area contributed by atoms with Crippen LogP contribution in [0.1, 0.15) is 22.7 Å². The first-order chi connectivity index (χ1) is 9.52. The summed E-state index contributed by atoms with van der Waals surface area (Å²) >= 11 is 0. The predicted octanol–water partition coefficient (Wildman–Crippen LogP) is 3.92. The van der Waals surface area contributed by atoms with Crippen molar-refractivity contribution in [2.24, 2.45) is 0 Å². The van der Waals surface area contributed by atoms with Gasteiger partial charge in [-0.15, -0.1) is 0 Å². The van der Waals surface area contributed by atoms with E-state index in [0.717, 1.165) is 6.07 Å². The van der Waals surface area contributed by atoms with Gasteiger partial charge in [-0.25, -0.2) is 13.2 Å². The summed E-state index contributed by atoms with van der Waals surface area (Å²) in [4.78, 5) is 0. The van der Waals surface area contributed by atoms with Crippen LogP contribution in [-0.4, -0.2) is 7.05 Å². The van der Waals surface area contributed by atoms with Crippen LogP contribution in [0.25, 0.3) is 0 Å². The fourth-order valence-corrected chi connectivity index (χ4v) is 2.14. The Morgan fingerprint density at radius 1 is 1.05 bits per heavy atom. The fourth-order valence-electron chi connectivity index (χ4n) is 2.14. The average molecular weight is 279 g/mol. The number of benzene rings is 2. The van der Waals surface area contributed by atoms with Crippen molar-refractivity contribution in [3.63, 3.8) is 0 Å². The molecule has 20 heavy (non-hydrogen) atoms. The Labute approximate surface area is 116 Å². The first kappa shape index (κ1) is 14.6. The van der Waals surface area contributed by atoms with Gasteiger partial charge in [0.05, 0.1) is 0 Å². The molecule has 1 N–H and O–H groups in total. The number of rotatable bonds is 4. The quantitative estimate of drug-likeness (QED) is 0.894. The molecule has 0 spiro atoms. The Morgan fingerprint density at radius 3 is 2.45 bits per heavy atom. The second-order valence-corrected chi connectivity index (χ2v) is 4.77. The van der Waals surface area contributed by atoms with Crippen molar-refractivity contribution in [3.05, 3.63) is 70.5 Å². The second kappa shape index (κ2) is 6.09. The van der Waals surface area contributed by atoms with E-state index in [0.29, 0.717) is 11.1 Å². The third kappa shape index (κ3) is 3.02. The maximum atomic E-state index is 13.7. The monoisotopic (exact) mass is 279 g/mol. The molecule has 1 unspecified atom stereocenters. The van der Waals surface area contributed by atoms with Gasteiger partial charge < -0.3 is 5.32 Å². The molecule has 2 rings (SSSR count). The lowest BCUT2D eigenvalue weighted by molar-refractivity contribution is 0.486. The van der Waals surface area contributed by atoms with Crippen molar-refractivity contribution in [1.82, 2.24) is 5.32 Å². The Hall–Kier alpha value is -1.81. The van der Waals surface area contributed by atoms with E-state index in [9.17, 15) is 13.2 Å². The van der Waals surface area contributed by atoms with Crippen molar-refractivity contribution < 1.29 is 13.2 Å². The first-order valence-corrected chi connectivity index (χ1v) is 6.39. The second-order valence-electron chi connectivity index (χ2n) is 4.77. The van der Waals surface area contributed by atoms with Crippen LogP contribution in [0.15, 0.2) is 36.4 Å². The van der Waals surface area contributed by atoms with Crippen LogP contribution in [0.4, 0.5) is 13.2 Å². The summed E-state index contributed by atoms with van der Waals surface area (Å²) in [5, 5.41) is 3.00. The summed E-state index contributed by atoms with van der Waals surface area (Å²) in [6.07, 6.45) is 0.253. The van der Waals surface area contributed by atoms with E-state index in [-0.39, 0.29) is 23.8 Å². The van der Waals surface area contributed by atoms with Crippen molar-refractivity contribution in [2.75, 3.05) is 7.05 Å². The molecule has 0 fully saturated rings. The topological polar surface area (TPSA) is 12.0 Å². The van der Waals surface area contributed by atoms with Crippen LogP contribution in [-0.2, 0) is 6.42 Å². The summed E-state index contributed by atoms with van der Waals surface area (Å²) in [7, 11) is 1.71. The third-order valence-corrected chi connectivity index (χ3v) is 3.40. The zero-order valence-corrected chi connectivity index (χ0v) is 11.4. The summed E-state index contributed by atoms with van der Waals surface area (Å²) in [5.41, 5.74) is 1.53. The average Bonchev–Trinajstić information content (AvgIpc) is 2.44. The van der Waals surface area contributed by atoms with Crippen LogP contribution in [0, 0.1) is 24.4 Å². The highest BCUT2D eigenvalue weighted by atomic mass is 19.2. The van der Waals surface area contributed by atoms with Crippen LogP contribution >= 0.6 is 0 Å². The first-order valence-electron chi connectivity index (χ1n) is 6.39. The highest BCUT2D eigenvalue weighted by Crippen LogP contribution is 2.22. The molecular weight excluding hydrogens is 263 g/mol. The Kier molecular flexibility index (Phi) is 4.45. The summed E-state index contributed by atoms with van der Waals surface area (Å²) in [6.45, 7) is 1.68. The van der Waals surface area contributed by atoms with Crippen LogP contribution < -0.4 is 5.32 Å². The molecule has 0 saturated carbocycles. The van der Waals surface area contributed by atoms with Crippen molar-refractivity contribution >= 4 is 0 Å². The number of hydrogen-bond acceptors (Lipinski definition) is 1. The van der Waals surface area contributed by atoms with Crippen LogP contribution in [0.3, 0.4) is 0 Å². The van der Waals surface area contributed by atoms with E-state index >= 15 is 0 Å². The highest BCUT2D eigenvalue weighted by molar-refractivity contribution is 5.28. The molecule has 1 nitrogen and oxygen atoms in total. The van der Waals surface area contributed by atoms with Crippen LogP contribution in [0.5, 0.6) is 0 Å². The molecule has 0 amide bonds. The molecule has 0 saturated heterocycles. The number of halogens is 3. The standard InChI is InChI=1S/C16H16F3N/c1-10-6-7-11(8-14(10)18)15(20-2)9-12-4-3-5-13(17)16(12)19/h3-8,15,20H,9H2,1-2H3. The number of nitrogens with one attached hydrogen (secondary N) is 1. The zero-order chi connectivity index (χ0) is 14.7. The van der Waals surface area contributed by atoms with Gasteiger partial charge in [0.1, 0.15) is 5.82 Å². The van der Waals surface area contributed by atoms with Gasteiger partial charge in [0.2, 0.25) is 0 Å². The van der Waals surface area contributed by atoms with E-state index in [1.807, 2.05) is 0 Å². The largest absolute Gasteiger partial charge is 0.313 e. The number of hydrogen-bond donors (Lipinski definition) is 1. The molecular formula is C16H16F3N. The number of aryl methyl sites for hydroxylation is 1. The highest BCUT2D eigenvalue weighted by Gasteiger charge is 2.15. The van der Waals surface area contributed by atoms with Gasteiger partial charge in [-0.05, 0) is 49.2 Å². The maximum Gasteiger partial charge on any atom is 0.162 e. The minimum atomic E-state index is -0.868. The SMILES string of the molecule is CNC(Cc1cccc(F)c1F)c1ccc(C)c(F)c1. The van der Waals surface area contributed by atoms with Gasteiger partial charge in [-0.1, -0.05) is 24.3 Å². The van der Waals surface area contributed by atoms with Gasteiger partial charge >= 0.3 is 0 Å². The molecule has 106 valence electrons. The molecule has 4 heteroatoms. The fraction of sp³-hybridized carbons (Fsp3) is 0.250. The van der Waals surface area contributed by atoms with Gasteiger partial charge in [-0.3, -0.25) is 0 Å². The molecule has 0 aliphatic heterocycles. The Morgan fingerprint density at radius 2 is 1.80 bits per heavy atom. The van der Waals surface area contributed by atoms with Crippen molar-refractivity contribution in [1.29, 1.82) is 0 Å². The lowest BCUT2D eigenvalue weighted by Crippen LogP contribution is -2.19. The smallest absolute Gasteiger partial charge is 0.162 e. The number of likely N-dealkylation sites (N-methyl/N-ethyl adjacent to an activating group) is 1. The Bertz CT molecular complexity index is 611. The molecule has 0 radical (unpaired) electrons. The van der Waals surface area contributed by atoms with Gasteiger partial charge in [0, 0.05) is 6.04 Å². The third-order valence-electron chi connectivity index (χ3n) is 3.40. The Balaban J connectivity index is 2.28. The van der Waals surface area contributed by atoms with Crippen molar-refractivity contribution in [2.45, 2.75) is 19.4 Å². The summed E-state index contributed by atoms with van der Waals surface area (Å²) in [5.74, 6) is -2.02. The molecule has 0 aromatic heterocycles. The molecule has 2 aromatic carbocycles. The van der Waals surface area contributed by atoms with E-state index in [4.69, 9.17) is 0 Å². The minimum absolute atomic E-state index is 0.253. The molecule has 0 aliphatic carbocycles. The van der Waals surface area contributed by atoms with E-state index in [2.05, 4.69) is 5.32 Å². The van der Waals surface area contributed by atoms with Gasteiger partial charge in [0.15, 0.2) is 11.6 Å². The van der Waals surface area contributed by atoms with E-state index in [1.165, 1.54) is 18.2 Å². The van der Waals surface area contributed by atoms with E-state index < -0.39 is 11.6 Å². The minimum Gasteiger partial charge on any atom is -0.313 e. The molecule has 0 aliphatic rings. The lowest BCUT2D eigenvalue weighted by atomic mass is 9.97. The normalized spacial score (nSPS) is 12.4.